The highest BCUT2D eigenvalue weighted by Crippen LogP contribution is 2.22. The molecule has 2 aromatic carbocycles. The molecule has 0 aromatic heterocycles. The van der Waals surface area contributed by atoms with Gasteiger partial charge in [-0.25, -0.2) is 8.42 Å². The molecule has 0 fully saturated rings. The van der Waals surface area contributed by atoms with Gasteiger partial charge >= 0.3 is 0 Å². The highest BCUT2D eigenvalue weighted by atomic mass is 32.2. The molecule has 0 spiro atoms. The fourth-order valence-electron chi connectivity index (χ4n) is 2.93. The number of sulfonamides is 1. The number of nitrogens with one attached hydrogen (secondary N) is 1. The molecule has 0 bridgehead atoms. The summed E-state index contributed by atoms with van der Waals surface area (Å²) in [5.41, 5.74) is 1.16. The van der Waals surface area contributed by atoms with E-state index in [4.69, 9.17) is 4.74 Å². The fraction of sp³-hybridized carbons (Fsp3) is 0.333. The van der Waals surface area contributed by atoms with Crippen molar-refractivity contribution < 1.29 is 22.7 Å². The maximum absolute atomic E-state index is 13.2. The van der Waals surface area contributed by atoms with Crippen molar-refractivity contribution in [3.63, 3.8) is 0 Å². The molecular weight excluding hydrogens is 406 g/mol. The summed E-state index contributed by atoms with van der Waals surface area (Å²) >= 11 is 0. The Hall–Kier alpha value is -3.07. The van der Waals surface area contributed by atoms with Gasteiger partial charge in [-0.1, -0.05) is 30.3 Å². The second-order valence-corrected chi connectivity index (χ2v) is 8.67. The molecule has 2 rings (SSSR count). The van der Waals surface area contributed by atoms with Crippen LogP contribution in [0.15, 0.2) is 54.6 Å². The van der Waals surface area contributed by atoms with Gasteiger partial charge in [0.25, 0.3) is 0 Å². The zero-order chi connectivity index (χ0) is 22.3. The van der Waals surface area contributed by atoms with Crippen LogP contribution >= 0.6 is 0 Å². The molecule has 2 aromatic rings. The standard InChI is InChI=1S/C21H27N3O5S/c1-16(21(26)22-2)23(14-17-8-6-5-7-9-17)20(25)15-24(30(4,27)28)18-10-12-19(29-3)13-11-18/h5-13,16H,14-15H2,1-4H3,(H,22,26)/t16-/m0/s1. The minimum Gasteiger partial charge on any atom is -0.497 e. The van der Waals surface area contributed by atoms with E-state index in [2.05, 4.69) is 5.32 Å². The summed E-state index contributed by atoms with van der Waals surface area (Å²) in [5, 5.41) is 2.54. The Morgan fingerprint density at radius 2 is 1.67 bits per heavy atom. The summed E-state index contributed by atoms with van der Waals surface area (Å²) in [6.07, 6.45) is 1.04. The quantitative estimate of drug-likeness (QED) is 0.648. The molecule has 9 heteroatoms. The third-order valence-corrected chi connectivity index (χ3v) is 5.79. The molecule has 8 nitrogen and oxygen atoms in total. The van der Waals surface area contributed by atoms with Crippen molar-refractivity contribution in [2.45, 2.75) is 19.5 Å². The molecule has 0 aliphatic heterocycles. The monoisotopic (exact) mass is 433 g/mol. The molecule has 0 aliphatic rings. The van der Waals surface area contributed by atoms with Gasteiger partial charge in [-0.05, 0) is 36.8 Å². The first-order chi connectivity index (χ1) is 14.2. The van der Waals surface area contributed by atoms with Crippen LogP contribution < -0.4 is 14.4 Å². The number of likely N-dealkylation sites (N-methyl/N-ethyl adjacent to an activating group) is 1. The summed E-state index contributed by atoms with van der Waals surface area (Å²) in [6.45, 7) is 1.35. The van der Waals surface area contributed by atoms with Gasteiger partial charge < -0.3 is 15.0 Å². The Morgan fingerprint density at radius 3 is 2.17 bits per heavy atom. The van der Waals surface area contributed by atoms with E-state index < -0.39 is 28.5 Å². The molecular formula is C21H27N3O5S. The second-order valence-electron chi connectivity index (χ2n) is 6.77. The van der Waals surface area contributed by atoms with Crippen molar-refractivity contribution in [1.29, 1.82) is 0 Å². The number of benzene rings is 2. The number of anilines is 1. The lowest BCUT2D eigenvalue weighted by molar-refractivity contribution is -0.139. The third-order valence-electron chi connectivity index (χ3n) is 4.65. The minimum atomic E-state index is -3.75. The van der Waals surface area contributed by atoms with Crippen LogP contribution in [0.5, 0.6) is 5.75 Å². The number of amides is 2. The normalized spacial score (nSPS) is 12.0. The number of carbonyl (C=O) groups is 2. The fourth-order valence-corrected chi connectivity index (χ4v) is 3.78. The maximum atomic E-state index is 13.2. The van der Waals surface area contributed by atoms with Gasteiger partial charge in [0.1, 0.15) is 18.3 Å². The molecule has 0 radical (unpaired) electrons. The lowest BCUT2D eigenvalue weighted by Gasteiger charge is -2.31. The Labute approximate surface area is 177 Å². The van der Waals surface area contributed by atoms with E-state index in [1.807, 2.05) is 30.3 Å². The van der Waals surface area contributed by atoms with Crippen molar-refractivity contribution in [3.8, 4) is 5.75 Å². The Bertz CT molecular complexity index is 962. The molecule has 0 saturated carbocycles. The number of ether oxygens (including phenoxy) is 1. The average Bonchev–Trinajstić information content (AvgIpc) is 2.74. The van der Waals surface area contributed by atoms with E-state index in [1.165, 1.54) is 19.1 Å². The van der Waals surface area contributed by atoms with E-state index in [9.17, 15) is 18.0 Å². The molecule has 1 N–H and O–H groups in total. The van der Waals surface area contributed by atoms with Crippen LogP contribution in [0.3, 0.4) is 0 Å². The van der Waals surface area contributed by atoms with Crippen LogP contribution in [0.1, 0.15) is 12.5 Å². The van der Waals surface area contributed by atoms with Crippen LogP contribution in [-0.4, -0.2) is 58.1 Å². The van der Waals surface area contributed by atoms with Gasteiger partial charge in [0.2, 0.25) is 21.8 Å². The molecule has 0 unspecified atom stereocenters. The molecule has 0 aliphatic carbocycles. The molecule has 162 valence electrons. The zero-order valence-corrected chi connectivity index (χ0v) is 18.3. The van der Waals surface area contributed by atoms with Crippen molar-refractivity contribution in [2.75, 3.05) is 31.3 Å². The van der Waals surface area contributed by atoms with Crippen LogP contribution in [0.25, 0.3) is 0 Å². The molecule has 0 saturated heterocycles. The van der Waals surface area contributed by atoms with E-state index in [1.54, 1.807) is 31.2 Å². The zero-order valence-electron chi connectivity index (χ0n) is 17.5. The lowest BCUT2D eigenvalue weighted by atomic mass is 10.1. The third kappa shape index (κ3) is 5.96. The van der Waals surface area contributed by atoms with Gasteiger partial charge in [-0.3, -0.25) is 13.9 Å². The van der Waals surface area contributed by atoms with Gasteiger partial charge in [0.15, 0.2) is 0 Å². The minimum absolute atomic E-state index is 0.175. The number of nitrogens with zero attached hydrogens (tertiary/aromatic N) is 2. The number of rotatable bonds is 9. The number of hydrogen-bond donors (Lipinski definition) is 1. The van der Waals surface area contributed by atoms with Crippen LogP contribution in [0.4, 0.5) is 5.69 Å². The number of carbonyl (C=O) groups excluding carboxylic acids is 2. The molecule has 1 atom stereocenters. The molecule has 2 amide bonds. The summed E-state index contributed by atoms with van der Waals surface area (Å²) in [4.78, 5) is 26.8. The Morgan fingerprint density at radius 1 is 1.07 bits per heavy atom. The predicted molar refractivity (Wildman–Crippen MR) is 116 cm³/mol. The van der Waals surface area contributed by atoms with E-state index in [0.717, 1.165) is 16.1 Å². The predicted octanol–water partition coefficient (Wildman–Crippen LogP) is 1.62. The second kappa shape index (κ2) is 10.1. The van der Waals surface area contributed by atoms with Crippen LogP contribution in [0.2, 0.25) is 0 Å². The summed E-state index contributed by atoms with van der Waals surface area (Å²) in [5.74, 6) is -0.261. The Kier molecular flexibility index (Phi) is 7.82. The van der Waals surface area contributed by atoms with Crippen molar-refractivity contribution >= 4 is 27.5 Å². The first-order valence-corrected chi connectivity index (χ1v) is 11.2. The SMILES string of the molecule is CNC(=O)[C@H](C)N(Cc1ccccc1)C(=O)CN(c1ccc(OC)cc1)S(C)(=O)=O. The summed E-state index contributed by atoms with van der Waals surface area (Å²) in [7, 11) is -0.747. The van der Waals surface area contributed by atoms with Crippen molar-refractivity contribution in [2.24, 2.45) is 0 Å². The number of methoxy groups -OCH3 is 1. The topological polar surface area (TPSA) is 96.0 Å². The molecule has 30 heavy (non-hydrogen) atoms. The van der Waals surface area contributed by atoms with Crippen LogP contribution in [-0.2, 0) is 26.2 Å². The molecule has 0 heterocycles. The smallest absolute Gasteiger partial charge is 0.244 e. The van der Waals surface area contributed by atoms with Gasteiger partial charge in [-0.2, -0.15) is 0 Å². The lowest BCUT2D eigenvalue weighted by Crippen LogP contribution is -2.50. The summed E-state index contributed by atoms with van der Waals surface area (Å²) in [6, 6.07) is 14.8. The summed E-state index contributed by atoms with van der Waals surface area (Å²) < 4.78 is 30.9. The first kappa shape index (κ1) is 23.2. The van der Waals surface area contributed by atoms with Crippen LogP contribution in [0, 0.1) is 0 Å². The van der Waals surface area contributed by atoms with Crippen molar-refractivity contribution in [1.82, 2.24) is 10.2 Å². The van der Waals surface area contributed by atoms with Gasteiger partial charge in [-0.15, -0.1) is 0 Å². The first-order valence-electron chi connectivity index (χ1n) is 9.34. The van der Waals surface area contributed by atoms with Gasteiger partial charge in [0.05, 0.1) is 19.1 Å². The number of hydrogen-bond acceptors (Lipinski definition) is 5. The van der Waals surface area contributed by atoms with Gasteiger partial charge in [0, 0.05) is 13.6 Å². The Balaban J connectivity index is 2.34. The maximum Gasteiger partial charge on any atom is 0.244 e. The highest BCUT2D eigenvalue weighted by Gasteiger charge is 2.29. The van der Waals surface area contributed by atoms with E-state index >= 15 is 0 Å². The van der Waals surface area contributed by atoms with Crippen molar-refractivity contribution in [3.05, 3.63) is 60.2 Å². The largest absolute Gasteiger partial charge is 0.497 e. The van der Waals surface area contributed by atoms with E-state index in [-0.39, 0.29) is 12.5 Å². The van der Waals surface area contributed by atoms with E-state index in [0.29, 0.717) is 11.4 Å². The average molecular weight is 434 g/mol. The highest BCUT2D eigenvalue weighted by molar-refractivity contribution is 7.92.